The second-order valence-corrected chi connectivity index (χ2v) is 3.85. The third-order valence-corrected chi connectivity index (χ3v) is 2.40. The Morgan fingerprint density at radius 1 is 1.77 bits per heavy atom. The molecule has 1 rings (SSSR count). The van der Waals surface area contributed by atoms with Crippen LogP contribution in [0.4, 0.5) is 0 Å². The van der Waals surface area contributed by atoms with Crippen LogP contribution in [0.15, 0.2) is 11.6 Å². The van der Waals surface area contributed by atoms with E-state index in [0.717, 1.165) is 19.6 Å². The Morgan fingerprint density at radius 2 is 2.54 bits per heavy atom. The molecule has 1 aliphatic rings. The quantitative estimate of drug-likeness (QED) is 0.730. The molecule has 0 amide bonds. The summed E-state index contributed by atoms with van der Waals surface area (Å²) in [5.74, 6) is 0. The number of hydrogen-bond donors (Lipinski definition) is 1. The van der Waals surface area contributed by atoms with Crippen molar-refractivity contribution in [1.29, 1.82) is 0 Å². The lowest BCUT2D eigenvalue weighted by molar-refractivity contribution is -0.0151. The predicted octanol–water partition coefficient (Wildman–Crippen LogP) is 1.13. The van der Waals surface area contributed by atoms with Crippen molar-refractivity contribution in [3.63, 3.8) is 0 Å². The van der Waals surface area contributed by atoms with Gasteiger partial charge in [0.2, 0.25) is 0 Å². The molecule has 4 heteroatoms. The van der Waals surface area contributed by atoms with E-state index in [1.54, 1.807) is 7.11 Å². The number of nitrogens with one attached hydrogen (secondary N) is 1. The average molecular weight is 206 g/mol. The summed E-state index contributed by atoms with van der Waals surface area (Å²) < 4.78 is 10.7. The lowest BCUT2D eigenvalue weighted by Gasteiger charge is -2.25. The molecule has 0 aromatic heterocycles. The first-order valence-electron chi connectivity index (χ1n) is 4.35. The maximum Gasteiger partial charge on any atom is 0.106 e. The number of methoxy groups -OCH3 is 1. The predicted molar refractivity (Wildman–Crippen MR) is 53.0 cm³/mol. The molecule has 0 aromatic rings. The third kappa shape index (κ3) is 3.27. The Kier molecular flexibility index (Phi) is 4.19. The van der Waals surface area contributed by atoms with Gasteiger partial charge in [0.1, 0.15) is 5.60 Å². The van der Waals surface area contributed by atoms with E-state index in [1.165, 1.54) is 0 Å². The minimum absolute atomic E-state index is 0.160. The highest BCUT2D eigenvalue weighted by Gasteiger charge is 2.34. The van der Waals surface area contributed by atoms with Crippen LogP contribution in [0.2, 0.25) is 0 Å². The van der Waals surface area contributed by atoms with Crippen molar-refractivity contribution in [1.82, 2.24) is 5.32 Å². The van der Waals surface area contributed by atoms with Gasteiger partial charge in [-0.15, -0.1) is 0 Å². The normalized spacial score (nSPS) is 27.8. The first-order chi connectivity index (χ1) is 6.18. The van der Waals surface area contributed by atoms with Crippen molar-refractivity contribution in [3.8, 4) is 0 Å². The largest absolute Gasteiger partial charge is 0.378 e. The van der Waals surface area contributed by atoms with Gasteiger partial charge in [-0.05, 0) is 0 Å². The van der Waals surface area contributed by atoms with Gasteiger partial charge in [-0.2, -0.15) is 0 Å². The highest BCUT2D eigenvalue weighted by atomic mass is 35.5. The van der Waals surface area contributed by atoms with Gasteiger partial charge in [0, 0.05) is 38.3 Å². The molecule has 3 nitrogen and oxygen atoms in total. The Bertz CT molecular complexity index is 178. The van der Waals surface area contributed by atoms with Crippen LogP contribution in [0.1, 0.15) is 6.42 Å². The van der Waals surface area contributed by atoms with E-state index in [0.29, 0.717) is 18.2 Å². The van der Waals surface area contributed by atoms with Crippen molar-refractivity contribution in [2.45, 2.75) is 12.0 Å². The molecule has 13 heavy (non-hydrogen) atoms. The van der Waals surface area contributed by atoms with E-state index >= 15 is 0 Å². The first kappa shape index (κ1) is 11.0. The summed E-state index contributed by atoms with van der Waals surface area (Å²) in [6, 6.07) is 0. The Morgan fingerprint density at radius 3 is 3.00 bits per heavy atom. The van der Waals surface area contributed by atoms with Crippen molar-refractivity contribution in [3.05, 3.63) is 11.6 Å². The molecule has 0 aromatic carbocycles. The van der Waals surface area contributed by atoms with E-state index in [1.807, 2.05) is 0 Å². The average Bonchev–Trinajstić information content (AvgIpc) is 2.53. The highest BCUT2D eigenvalue weighted by molar-refractivity contribution is 6.29. The van der Waals surface area contributed by atoms with Gasteiger partial charge < -0.3 is 14.8 Å². The van der Waals surface area contributed by atoms with Gasteiger partial charge in [0.05, 0.1) is 6.61 Å². The smallest absolute Gasteiger partial charge is 0.106 e. The van der Waals surface area contributed by atoms with E-state index < -0.39 is 0 Å². The standard InChI is InChI=1S/C9H16ClNO2/c1-8(10)5-11-6-9(12-2)3-4-13-7-9/h11H,1,3-7H2,2H3. The molecule has 0 radical (unpaired) electrons. The lowest BCUT2D eigenvalue weighted by Crippen LogP contribution is -2.43. The number of ether oxygens (including phenoxy) is 2. The van der Waals surface area contributed by atoms with Crippen LogP contribution >= 0.6 is 11.6 Å². The fourth-order valence-corrected chi connectivity index (χ4v) is 1.48. The molecule has 0 bridgehead atoms. The van der Waals surface area contributed by atoms with Gasteiger partial charge in [-0.25, -0.2) is 0 Å². The Labute approximate surface area is 84.0 Å². The number of rotatable bonds is 5. The highest BCUT2D eigenvalue weighted by Crippen LogP contribution is 2.21. The minimum atomic E-state index is -0.160. The molecule has 1 aliphatic heterocycles. The molecule has 1 atom stereocenters. The molecule has 0 spiro atoms. The summed E-state index contributed by atoms with van der Waals surface area (Å²) in [6.07, 6.45) is 0.936. The molecular formula is C9H16ClNO2. The molecule has 1 fully saturated rings. The monoisotopic (exact) mass is 205 g/mol. The zero-order chi connectivity index (χ0) is 9.73. The van der Waals surface area contributed by atoms with Gasteiger partial charge in [-0.1, -0.05) is 18.2 Å². The fraction of sp³-hybridized carbons (Fsp3) is 0.778. The molecule has 1 heterocycles. The Hall–Kier alpha value is -0.0900. The topological polar surface area (TPSA) is 30.5 Å². The summed E-state index contributed by atoms with van der Waals surface area (Å²) in [5, 5.41) is 3.80. The maximum atomic E-state index is 5.62. The van der Waals surface area contributed by atoms with Crippen LogP contribution in [-0.2, 0) is 9.47 Å². The minimum Gasteiger partial charge on any atom is -0.378 e. The summed E-state index contributed by atoms with van der Waals surface area (Å²) in [4.78, 5) is 0. The van der Waals surface area contributed by atoms with Crippen LogP contribution < -0.4 is 5.32 Å². The van der Waals surface area contributed by atoms with Gasteiger partial charge in [-0.3, -0.25) is 0 Å². The third-order valence-electron chi connectivity index (χ3n) is 2.26. The van der Waals surface area contributed by atoms with Crippen molar-refractivity contribution in [2.24, 2.45) is 0 Å². The number of halogens is 1. The molecule has 1 N–H and O–H groups in total. The lowest BCUT2D eigenvalue weighted by atomic mass is 10.0. The van der Waals surface area contributed by atoms with Crippen LogP contribution in [0.5, 0.6) is 0 Å². The van der Waals surface area contributed by atoms with Crippen LogP contribution in [0, 0.1) is 0 Å². The van der Waals surface area contributed by atoms with Gasteiger partial charge >= 0.3 is 0 Å². The molecule has 76 valence electrons. The second-order valence-electron chi connectivity index (χ2n) is 3.31. The van der Waals surface area contributed by atoms with Crippen LogP contribution in [0.3, 0.4) is 0 Å². The van der Waals surface area contributed by atoms with Crippen LogP contribution in [-0.4, -0.2) is 39.0 Å². The summed E-state index contributed by atoms with van der Waals surface area (Å²) in [5.41, 5.74) is -0.160. The SMILES string of the molecule is C=C(Cl)CNCC1(OC)CCOC1. The zero-order valence-electron chi connectivity index (χ0n) is 7.94. The number of hydrogen-bond acceptors (Lipinski definition) is 3. The molecular weight excluding hydrogens is 190 g/mol. The maximum absolute atomic E-state index is 5.62. The van der Waals surface area contributed by atoms with Crippen molar-refractivity contribution < 1.29 is 9.47 Å². The first-order valence-corrected chi connectivity index (χ1v) is 4.73. The molecule has 0 saturated carbocycles. The molecule has 0 aliphatic carbocycles. The molecule has 1 saturated heterocycles. The summed E-state index contributed by atoms with van der Waals surface area (Å²) in [6.45, 7) is 6.41. The molecule has 1 unspecified atom stereocenters. The Balaban J connectivity index is 2.27. The van der Waals surface area contributed by atoms with E-state index in [4.69, 9.17) is 21.1 Å². The second kappa shape index (κ2) is 4.96. The van der Waals surface area contributed by atoms with Gasteiger partial charge in [0.15, 0.2) is 0 Å². The van der Waals surface area contributed by atoms with Crippen molar-refractivity contribution >= 4 is 11.6 Å². The van der Waals surface area contributed by atoms with Crippen molar-refractivity contribution in [2.75, 3.05) is 33.4 Å². The van der Waals surface area contributed by atoms with Crippen LogP contribution in [0.25, 0.3) is 0 Å². The van der Waals surface area contributed by atoms with E-state index in [9.17, 15) is 0 Å². The van der Waals surface area contributed by atoms with E-state index in [-0.39, 0.29) is 5.60 Å². The fourth-order valence-electron chi connectivity index (χ4n) is 1.39. The summed E-state index contributed by atoms with van der Waals surface area (Å²) in [7, 11) is 1.71. The zero-order valence-corrected chi connectivity index (χ0v) is 8.69. The van der Waals surface area contributed by atoms with Gasteiger partial charge in [0.25, 0.3) is 0 Å². The van der Waals surface area contributed by atoms with E-state index in [2.05, 4.69) is 11.9 Å². The summed E-state index contributed by atoms with van der Waals surface area (Å²) >= 11 is 5.62.